The number of aromatic nitrogens is 3. The zero-order valence-corrected chi connectivity index (χ0v) is 14.6. The highest BCUT2D eigenvalue weighted by Crippen LogP contribution is 2.26. The van der Waals surface area contributed by atoms with Crippen LogP contribution in [0.15, 0.2) is 59.8 Å². The minimum atomic E-state index is -4.91. The number of ether oxygens (including phenoxy) is 1. The number of nitrogens with one attached hydrogen (secondary N) is 1. The predicted octanol–water partition coefficient (Wildman–Crippen LogP) is 3.18. The van der Waals surface area contributed by atoms with Gasteiger partial charge in [0, 0.05) is 24.4 Å². The van der Waals surface area contributed by atoms with Gasteiger partial charge >= 0.3 is 6.36 Å². The van der Waals surface area contributed by atoms with Gasteiger partial charge in [-0.3, -0.25) is 4.72 Å². The lowest BCUT2D eigenvalue weighted by Crippen LogP contribution is -2.18. The molecule has 2 aromatic carbocycles. The van der Waals surface area contributed by atoms with E-state index in [4.69, 9.17) is 0 Å². The van der Waals surface area contributed by atoms with Crippen LogP contribution >= 0.6 is 0 Å². The van der Waals surface area contributed by atoms with E-state index in [1.165, 1.54) is 24.5 Å². The molecule has 0 unspecified atom stereocenters. The van der Waals surface area contributed by atoms with Gasteiger partial charge in [-0.1, -0.05) is 6.07 Å². The highest BCUT2D eigenvalue weighted by Gasteiger charge is 2.31. The first kappa shape index (κ1) is 18.7. The van der Waals surface area contributed by atoms with Crippen molar-refractivity contribution in [3.05, 3.63) is 54.9 Å². The normalized spacial score (nSPS) is 12.0. The molecular formula is C16H13F3N4O3S. The summed E-state index contributed by atoms with van der Waals surface area (Å²) in [5, 5.41) is 7.71. The fraction of sp³-hybridized carbons (Fsp3) is 0.125. The van der Waals surface area contributed by atoms with Crippen LogP contribution in [0.25, 0.3) is 11.4 Å². The maximum atomic E-state index is 12.4. The number of anilines is 1. The molecule has 3 rings (SSSR count). The number of aryl methyl sites for hydroxylation is 1. The SMILES string of the molecule is Cn1cnnc1-c1ccc(NS(=O)(=O)c2cccc(OC(F)(F)F)c2)cc1. The van der Waals surface area contributed by atoms with Crippen LogP contribution in [-0.4, -0.2) is 29.5 Å². The van der Waals surface area contributed by atoms with E-state index in [0.717, 1.165) is 23.8 Å². The van der Waals surface area contributed by atoms with Crippen molar-refractivity contribution in [3.8, 4) is 17.1 Å². The summed E-state index contributed by atoms with van der Waals surface area (Å²) in [6, 6.07) is 10.4. The number of nitrogens with zero attached hydrogens (tertiary/aromatic N) is 3. The van der Waals surface area contributed by atoms with Crippen molar-refractivity contribution in [1.29, 1.82) is 0 Å². The van der Waals surface area contributed by atoms with Gasteiger partial charge in [-0.25, -0.2) is 8.42 Å². The lowest BCUT2D eigenvalue weighted by atomic mass is 10.2. The Hall–Kier alpha value is -3.08. The molecule has 0 spiro atoms. The predicted molar refractivity (Wildman–Crippen MR) is 90.4 cm³/mol. The highest BCUT2D eigenvalue weighted by molar-refractivity contribution is 7.92. The Morgan fingerprint density at radius 2 is 1.81 bits per heavy atom. The second kappa shape index (κ2) is 6.91. The summed E-state index contributed by atoms with van der Waals surface area (Å²) < 4.78 is 69.5. The minimum absolute atomic E-state index is 0.239. The van der Waals surface area contributed by atoms with Gasteiger partial charge in [0.25, 0.3) is 10.0 Å². The van der Waals surface area contributed by atoms with E-state index in [-0.39, 0.29) is 10.6 Å². The van der Waals surface area contributed by atoms with Crippen molar-refractivity contribution in [2.75, 3.05) is 4.72 Å². The summed E-state index contributed by atoms with van der Waals surface area (Å²) in [6.45, 7) is 0. The van der Waals surface area contributed by atoms with E-state index in [1.807, 2.05) is 0 Å². The number of hydrogen-bond donors (Lipinski definition) is 1. The average molecular weight is 398 g/mol. The van der Waals surface area contributed by atoms with E-state index in [1.54, 1.807) is 23.7 Å². The Morgan fingerprint density at radius 1 is 1.11 bits per heavy atom. The van der Waals surface area contributed by atoms with Crippen molar-refractivity contribution in [1.82, 2.24) is 14.8 Å². The van der Waals surface area contributed by atoms with Crippen LogP contribution in [0.2, 0.25) is 0 Å². The summed E-state index contributed by atoms with van der Waals surface area (Å²) in [5.74, 6) is -0.0237. The summed E-state index contributed by atoms with van der Waals surface area (Å²) in [7, 11) is -2.33. The molecule has 3 aromatic rings. The summed E-state index contributed by atoms with van der Waals surface area (Å²) in [4.78, 5) is -0.360. The smallest absolute Gasteiger partial charge is 0.406 e. The lowest BCUT2D eigenvalue weighted by Gasteiger charge is -2.12. The second-order valence-electron chi connectivity index (χ2n) is 5.47. The van der Waals surface area contributed by atoms with Crippen LogP contribution in [0.4, 0.5) is 18.9 Å². The Balaban J connectivity index is 1.80. The Bertz CT molecular complexity index is 1050. The highest BCUT2D eigenvalue weighted by atomic mass is 32.2. The number of benzene rings is 2. The Morgan fingerprint density at radius 3 is 2.41 bits per heavy atom. The van der Waals surface area contributed by atoms with E-state index in [2.05, 4.69) is 19.7 Å². The van der Waals surface area contributed by atoms with Crippen molar-refractivity contribution in [2.45, 2.75) is 11.3 Å². The maximum absolute atomic E-state index is 12.4. The fourth-order valence-electron chi connectivity index (χ4n) is 2.28. The molecule has 0 radical (unpaired) electrons. The number of rotatable bonds is 5. The third-order valence-electron chi connectivity index (χ3n) is 3.46. The van der Waals surface area contributed by atoms with Gasteiger partial charge in [-0.15, -0.1) is 23.4 Å². The van der Waals surface area contributed by atoms with Gasteiger partial charge in [0.2, 0.25) is 0 Å². The monoisotopic (exact) mass is 398 g/mol. The Labute approximate surface area is 152 Å². The zero-order chi connectivity index (χ0) is 19.7. The first-order valence-corrected chi connectivity index (χ1v) is 8.95. The molecule has 142 valence electrons. The summed E-state index contributed by atoms with van der Waals surface area (Å²) in [6.07, 6.45) is -3.38. The summed E-state index contributed by atoms with van der Waals surface area (Å²) in [5.41, 5.74) is 0.960. The minimum Gasteiger partial charge on any atom is -0.406 e. The molecule has 0 aliphatic carbocycles. The van der Waals surface area contributed by atoms with Crippen molar-refractivity contribution < 1.29 is 26.3 Å². The van der Waals surface area contributed by atoms with Crippen LogP contribution in [0.1, 0.15) is 0 Å². The van der Waals surface area contributed by atoms with Crippen molar-refractivity contribution in [2.24, 2.45) is 7.05 Å². The molecule has 0 fully saturated rings. The molecule has 1 heterocycles. The number of sulfonamides is 1. The molecule has 0 atom stereocenters. The molecule has 0 saturated heterocycles. The van der Waals surface area contributed by atoms with Crippen LogP contribution in [0.5, 0.6) is 5.75 Å². The number of halogens is 3. The average Bonchev–Trinajstić information content (AvgIpc) is 3.00. The number of alkyl halides is 3. The molecule has 0 aliphatic heterocycles. The molecule has 0 amide bonds. The fourth-order valence-corrected chi connectivity index (χ4v) is 3.38. The van der Waals surface area contributed by atoms with Crippen molar-refractivity contribution in [3.63, 3.8) is 0 Å². The third-order valence-corrected chi connectivity index (χ3v) is 4.84. The largest absolute Gasteiger partial charge is 0.573 e. The zero-order valence-electron chi connectivity index (χ0n) is 13.8. The molecule has 1 N–H and O–H groups in total. The van der Waals surface area contributed by atoms with Crippen LogP contribution < -0.4 is 9.46 Å². The van der Waals surface area contributed by atoms with Crippen LogP contribution in [-0.2, 0) is 17.1 Å². The van der Waals surface area contributed by atoms with Gasteiger partial charge in [-0.05, 0) is 36.4 Å². The van der Waals surface area contributed by atoms with Crippen molar-refractivity contribution >= 4 is 15.7 Å². The molecule has 27 heavy (non-hydrogen) atoms. The molecule has 1 aromatic heterocycles. The molecule has 0 bridgehead atoms. The van der Waals surface area contributed by atoms with E-state index >= 15 is 0 Å². The van der Waals surface area contributed by atoms with Gasteiger partial charge in [0.15, 0.2) is 5.82 Å². The standard InChI is InChI=1S/C16H13F3N4O3S/c1-23-10-20-21-15(23)11-5-7-12(8-6-11)22-27(24,25)14-4-2-3-13(9-14)26-16(17,18)19/h2-10,22H,1H3. The van der Waals surface area contributed by atoms with E-state index < -0.39 is 22.1 Å². The second-order valence-corrected chi connectivity index (χ2v) is 7.15. The first-order valence-electron chi connectivity index (χ1n) is 7.47. The molecule has 11 heteroatoms. The van der Waals surface area contributed by atoms with Gasteiger partial charge in [0.1, 0.15) is 12.1 Å². The van der Waals surface area contributed by atoms with E-state index in [9.17, 15) is 21.6 Å². The Kier molecular flexibility index (Phi) is 4.79. The van der Waals surface area contributed by atoms with Crippen LogP contribution in [0.3, 0.4) is 0 Å². The van der Waals surface area contributed by atoms with Crippen LogP contribution in [0, 0.1) is 0 Å². The molecule has 0 saturated carbocycles. The van der Waals surface area contributed by atoms with Gasteiger partial charge in [-0.2, -0.15) is 0 Å². The number of hydrogen-bond acceptors (Lipinski definition) is 5. The molecule has 7 nitrogen and oxygen atoms in total. The molecule has 0 aliphatic rings. The summed E-state index contributed by atoms with van der Waals surface area (Å²) >= 11 is 0. The topological polar surface area (TPSA) is 86.1 Å². The quantitative estimate of drug-likeness (QED) is 0.713. The maximum Gasteiger partial charge on any atom is 0.573 e. The molecular weight excluding hydrogens is 385 g/mol. The third kappa shape index (κ3) is 4.56. The van der Waals surface area contributed by atoms with Gasteiger partial charge in [0.05, 0.1) is 4.90 Å². The van der Waals surface area contributed by atoms with E-state index in [0.29, 0.717) is 5.82 Å². The lowest BCUT2D eigenvalue weighted by molar-refractivity contribution is -0.274. The van der Waals surface area contributed by atoms with Gasteiger partial charge < -0.3 is 9.30 Å². The first-order chi connectivity index (χ1) is 12.6.